The van der Waals surface area contributed by atoms with Crippen molar-refractivity contribution in [2.45, 2.75) is 4.90 Å². The van der Waals surface area contributed by atoms with E-state index in [1.54, 1.807) is 30.4 Å². The number of pyridine rings is 1. The topological polar surface area (TPSA) is 24.9 Å². The number of rotatable bonds is 0. The first kappa shape index (κ1) is 5.80. The maximum absolute atomic E-state index is 3.97. The van der Waals surface area contributed by atoms with E-state index in [2.05, 4.69) is 15.7 Å². The van der Waals surface area contributed by atoms with E-state index in [0.29, 0.717) is 0 Å². The van der Waals surface area contributed by atoms with Gasteiger partial charge in [-0.3, -0.25) is 4.98 Å². The highest BCUT2D eigenvalue weighted by Crippen LogP contribution is 2.29. The molecule has 0 bridgehead atoms. The van der Waals surface area contributed by atoms with Gasteiger partial charge in [0.2, 0.25) is 0 Å². The average Bonchev–Trinajstić information content (AvgIpc) is 2.05. The van der Waals surface area contributed by atoms with Crippen molar-refractivity contribution in [3.05, 3.63) is 30.1 Å². The Balaban J connectivity index is 2.47. The fraction of sp³-hybridized carbons (Fsp3) is 0. The third-order valence-electron chi connectivity index (χ3n) is 1.24. The second kappa shape index (κ2) is 2.34. The van der Waals surface area contributed by atoms with Crippen LogP contribution in [0.5, 0.6) is 0 Å². The van der Waals surface area contributed by atoms with Crippen molar-refractivity contribution < 1.29 is 0 Å². The van der Waals surface area contributed by atoms with Crippen LogP contribution >= 0.6 is 11.8 Å². The maximum atomic E-state index is 3.97. The largest absolute Gasteiger partial charge is 0.358 e. The standard InChI is InChI=1S/C7H5N2S/c1-2-8-5-6-7(1)10-4-3-9-6/h1-3,5,9H. The molecule has 0 saturated carbocycles. The number of hydrogen-bond acceptors (Lipinski definition) is 3. The average molecular weight is 149 g/mol. The van der Waals surface area contributed by atoms with Gasteiger partial charge in [-0.2, -0.15) is 0 Å². The Bertz CT molecular complexity index is 243. The van der Waals surface area contributed by atoms with E-state index in [1.165, 1.54) is 4.90 Å². The summed E-state index contributed by atoms with van der Waals surface area (Å²) < 4.78 is 0. The van der Waals surface area contributed by atoms with Crippen LogP contribution in [-0.4, -0.2) is 4.98 Å². The minimum absolute atomic E-state index is 1.06. The van der Waals surface area contributed by atoms with Crippen molar-refractivity contribution >= 4 is 17.4 Å². The van der Waals surface area contributed by atoms with Crippen molar-refractivity contribution in [1.29, 1.82) is 0 Å². The summed E-state index contributed by atoms with van der Waals surface area (Å²) in [7, 11) is 0. The quantitative estimate of drug-likeness (QED) is 0.609. The molecule has 1 aromatic rings. The van der Waals surface area contributed by atoms with E-state index in [4.69, 9.17) is 0 Å². The molecule has 0 aliphatic carbocycles. The van der Waals surface area contributed by atoms with Crippen LogP contribution in [0.3, 0.4) is 0 Å². The number of hydrogen-bond donors (Lipinski definition) is 1. The predicted molar refractivity (Wildman–Crippen MR) is 41.5 cm³/mol. The fourth-order valence-electron chi connectivity index (χ4n) is 0.779. The first-order valence-electron chi connectivity index (χ1n) is 2.91. The van der Waals surface area contributed by atoms with E-state index < -0.39 is 0 Å². The molecule has 0 fully saturated rings. The SMILES string of the molecule is [C]1=CNc2cnccc2S1. The van der Waals surface area contributed by atoms with Crippen LogP contribution in [0.1, 0.15) is 0 Å². The zero-order chi connectivity index (χ0) is 6.81. The summed E-state index contributed by atoms with van der Waals surface area (Å²) >= 11 is 1.58. The van der Waals surface area contributed by atoms with Crippen LogP contribution in [0.4, 0.5) is 5.69 Å². The summed E-state index contributed by atoms with van der Waals surface area (Å²) in [5.74, 6) is 0. The lowest BCUT2D eigenvalue weighted by Crippen LogP contribution is -1.93. The third kappa shape index (κ3) is 0.885. The van der Waals surface area contributed by atoms with Gasteiger partial charge in [0.15, 0.2) is 0 Å². The van der Waals surface area contributed by atoms with Gasteiger partial charge in [0.05, 0.1) is 11.9 Å². The molecule has 0 unspecified atom stereocenters. The normalized spacial score (nSPS) is 14.0. The molecule has 3 heteroatoms. The molecule has 2 nitrogen and oxygen atoms in total. The van der Waals surface area contributed by atoms with Crippen LogP contribution in [0.2, 0.25) is 0 Å². The summed E-state index contributed by atoms with van der Waals surface area (Å²) in [5.41, 5.74) is 1.06. The monoisotopic (exact) mass is 149 g/mol. The molecular formula is C7H5N2S. The summed E-state index contributed by atoms with van der Waals surface area (Å²) in [6.45, 7) is 0. The number of fused-ring (bicyclic) bond motifs is 1. The predicted octanol–water partition coefficient (Wildman–Crippen LogP) is 1.87. The molecule has 2 heterocycles. The summed E-state index contributed by atoms with van der Waals surface area (Å²) in [6, 6.07) is 1.97. The number of nitrogens with zero attached hydrogens (tertiary/aromatic N) is 1. The van der Waals surface area contributed by atoms with Gasteiger partial charge in [0.25, 0.3) is 0 Å². The van der Waals surface area contributed by atoms with Crippen molar-refractivity contribution in [2.24, 2.45) is 0 Å². The van der Waals surface area contributed by atoms with Gasteiger partial charge >= 0.3 is 0 Å². The molecule has 1 aliphatic rings. The van der Waals surface area contributed by atoms with E-state index in [-0.39, 0.29) is 0 Å². The van der Waals surface area contributed by atoms with E-state index >= 15 is 0 Å². The van der Waals surface area contributed by atoms with Crippen molar-refractivity contribution in [2.75, 3.05) is 5.32 Å². The minimum Gasteiger partial charge on any atom is -0.358 e. The minimum atomic E-state index is 1.06. The molecule has 0 aromatic carbocycles. The molecule has 1 radical (unpaired) electrons. The zero-order valence-corrected chi connectivity index (χ0v) is 5.98. The number of anilines is 1. The lowest BCUT2D eigenvalue weighted by Gasteiger charge is -2.08. The van der Waals surface area contributed by atoms with Crippen molar-refractivity contribution in [3.8, 4) is 0 Å². The van der Waals surface area contributed by atoms with Gasteiger partial charge in [0.1, 0.15) is 0 Å². The van der Waals surface area contributed by atoms with E-state index in [1.807, 2.05) is 6.07 Å². The van der Waals surface area contributed by atoms with Crippen LogP contribution in [-0.2, 0) is 0 Å². The molecule has 1 N–H and O–H groups in total. The molecule has 49 valence electrons. The summed E-state index contributed by atoms with van der Waals surface area (Å²) in [4.78, 5) is 5.15. The number of aromatic nitrogens is 1. The summed E-state index contributed by atoms with van der Waals surface area (Å²) in [5, 5.41) is 6.04. The van der Waals surface area contributed by atoms with Crippen LogP contribution in [0, 0.1) is 5.41 Å². The second-order valence-electron chi connectivity index (χ2n) is 1.88. The smallest absolute Gasteiger partial charge is 0.0708 e. The Labute approximate surface area is 63.4 Å². The molecule has 2 rings (SSSR count). The van der Waals surface area contributed by atoms with Gasteiger partial charge in [0, 0.05) is 22.7 Å². The van der Waals surface area contributed by atoms with Crippen molar-refractivity contribution in [1.82, 2.24) is 4.98 Å². The Kier molecular flexibility index (Phi) is 1.36. The van der Waals surface area contributed by atoms with Gasteiger partial charge in [-0.05, 0) is 6.07 Å². The van der Waals surface area contributed by atoms with Crippen LogP contribution < -0.4 is 5.32 Å². The second-order valence-corrected chi connectivity index (χ2v) is 2.76. The Hall–Kier alpha value is -0.960. The Morgan fingerprint density at radius 1 is 1.60 bits per heavy atom. The highest BCUT2D eigenvalue weighted by Gasteiger charge is 2.02. The Morgan fingerprint density at radius 2 is 2.60 bits per heavy atom. The molecule has 1 aliphatic heterocycles. The lowest BCUT2D eigenvalue weighted by molar-refractivity contribution is 1.25. The maximum Gasteiger partial charge on any atom is 0.0708 e. The molecule has 0 saturated heterocycles. The summed E-state index contributed by atoms with van der Waals surface area (Å²) in [6.07, 6.45) is 5.37. The van der Waals surface area contributed by atoms with Gasteiger partial charge in [-0.25, -0.2) is 0 Å². The molecule has 0 atom stereocenters. The number of nitrogens with one attached hydrogen (secondary N) is 1. The highest BCUT2D eigenvalue weighted by atomic mass is 32.2. The lowest BCUT2D eigenvalue weighted by atomic mass is 10.4. The van der Waals surface area contributed by atoms with Crippen molar-refractivity contribution in [3.63, 3.8) is 0 Å². The van der Waals surface area contributed by atoms with E-state index in [9.17, 15) is 0 Å². The first-order valence-corrected chi connectivity index (χ1v) is 3.73. The van der Waals surface area contributed by atoms with Gasteiger partial charge in [-0.15, -0.1) is 0 Å². The Morgan fingerprint density at radius 3 is 3.50 bits per heavy atom. The van der Waals surface area contributed by atoms with Gasteiger partial charge < -0.3 is 5.32 Å². The van der Waals surface area contributed by atoms with Crippen LogP contribution in [0.15, 0.2) is 29.6 Å². The fourth-order valence-corrected chi connectivity index (χ4v) is 1.37. The molecular weight excluding hydrogens is 144 g/mol. The highest BCUT2D eigenvalue weighted by molar-refractivity contribution is 8.01. The number of thioether (sulfide) groups is 1. The molecule has 0 spiro atoms. The van der Waals surface area contributed by atoms with Crippen LogP contribution in [0.25, 0.3) is 0 Å². The molecule has 10 heavy (non-hydrogen) atoms. The molecule has 0 amide bonds. The van der Waals surface area contributed by atoms with Gasteiger partial charge in [-0.1, -0.05) is 11.8 Å². The molecule has 1 aromatic heterocycles. The van der Waals surface area contributed by atoms with E-state index in [0.717, 1.165) is 5.69 Å². The zero-order valence-electron chi connectivity index (χ0n) is 5.16. The third-order valence-corrected chi connectivity index (χ3v) is 2.05. The first-order chi connectivity index (χ1) is 4.97.